The van der Waals surface area contributed by atoms with Crippen LogP contribution in [0, 0.1) is 0 Å². The molecule has 5 nitrogen and oxygen atoms in total. The van der Waals surface area contributed by atoms with E-state index in [0.717, 1.165) is 57.0 Å². The van der Waals surface area contributed by atoms with Crippen LogP contribution in [0.15, 0.2) is 29.3 Å². The van der Waals surface area contributed by atoms with Gasteiger partial charge in [-0.3, -0.25) is 9.20 Å². The van der Waals surface area contributed by atoms with E-state index in [9.17, 15) is 4.21 Å². The Hall–Kier alpha value is -0.670. The first-order valence-corrected chi connectivity index (χ1v) is 11.5. The van der Waals surface area contributed by atoms with Gasteiger partial charge in [0.05, 0.1) is 0 Å². The summed E-state index contributed by atoms with van der Waals surface area (Å²) in [5.74, 6) is 1.59. The topological polar surface area (TPSA) is 56.7 Å². The summed E-state index contributed by atoms with van der Waals surface area (Å²) in [4.78, 5) is 6.68. The first-order valence-electron chi connectivity index (χ1n) is 10.2. The van der Waals surface area contributed by atoms with Crippen LogP contribution in [0.1, 0.15) is 50.7 Å². The number of hydrogen-bond acceptors (Lipinski definition) is 3. The van der Waals surface area contributed by atoms with Gasteiger partial charge in [-0.15, -0.1) is 24.0 Å². The first kappa shape index (κ1) is 25.4. The zero-order valence-corrected chi connectivity index (χ0v) is 20.9. The molecule has 0 spiro atoms. The van der Waals surface area contributed by atoms with Gasteiger partial charge in [-0.05, 0) is 44.0 Å². The van der Waals surface area contributed by atoms with Crippen molar-refractivity contribution in [3.05, 3.63) is 35.4 Å². The van der Waals surface area contributed by atoms with Crippen molar-refractivity contribution in [1.82, 2.24) is 15.5 Å². The van der Waals surface area contributed by atoms with E-state index in [1.807, 2.05) is 14.0 Å². The molecule has 2 rings (SSSR count). The smallest absolute Gasteiger partial charge is 0.191 e. The van der Waals surface area contributed by atoms with Crippen molar-refractivity contribution >= 4 is 40.7 Å². The highest BCUT2D eigenvalue weighted by Crippen LogP contribution is 2.23. The molecule has 1 aliphatic rings. The summed E-state index contributed by atoms with van der Waals surface area (Å²) in [5.41, 5.74) is 2.59. The number of guanidine groups is 1. The normalized spacial score (nSPS) is 21.1. The SMILES string of the molecule is CCN(C)Cc1cccc(CNC(=NC)NC2CCCC(S(=O)CC)C2)c1.I. The molecule has 0 aliphatic heterocycles. The summed E-state index contributed by atoms with van der Waals surface area (Å²) >= 11 is 0. The van der Waals surface area contributed by atoms with Crippen molar-refractivity contribution in [1.29, 1.82) is 0 Å². The van der Waals surface area contributed by atoms with Crippen molar-refractivity contribution in [2.45, 2.75) is 63.9 Å². The minimum Gasteiger partial charge on any atom is -0.354 e. The molecule has 0 bridgehead atoms. The van der Waals surface area contributed by atoms with Crippen LogP contribution in [-0.4, -0.2) is 52.8 Å². The molecule has 3 atom stereocenters. The molecule has 0 amide bonds. The van der Waals surface area contributed by atoms with Crippen LogP contribution in [-0.2, 0) is 23.9 Å². The molecule has 1 fully saturated rings. The van der Waals surface area contributed by atoms with Crippen LogP contribution in [0.4, 0.5) is 0 Å². The Morgan fingerprint density at radius 3 is 2.71 bits per heavy atom. The third kappa shape index (κ3) is 8.37. The molecule has 1 aromatic carbocycles. The standard InChI is InChI=1S/C21H36N4OS.HI/c1-5-25(4)16-18-10-7-9-17(13-18)15-23-21(22-3)24-19-11-8-12-20(14-19)27(26)6-2;/h7,9-10,13,19-20H,5-6,8,11-12,14-16H2,1-4H3,(H2,22,23,24);1H. The highest BCUT2D eigenvalue weighted by Gasteiger charge is 2.25. The second-order valence-corrected chi connectivity index (χ2v) is 9.38. The highest BCUT2D eigenvalue weighted by atomic mass is 127. The van der Waals surface area contributed by atoms with E-state index in [1.165, 1.54) is 11.1 Å². The van der Waals surface area contributed by atoms with E-state index in [2.05, 4.69) is 58.8 Å². The monoisotopic (exact) mass is 520 g/mol. The van der Waals surface area contributed by atoms with Gasteiger partial charge in [-0.2, -0.15) is 0 Å². The quantitative estimate of drug-likeness (QED) is 0.313. The van der Waals surface area contributed by atoms with Crippen LogP contribution >= 0.6 is 24.0 Å². The maximum absolute atomic E-state index is 12.1. The first-order chi connectivity index (χ1) is 13.0. The average Bonchev–Trinajstić information content (AvgIpc) is 2.70. The summed E-state index contributed by atoms with van der Waals surface area (Å²) in [5, 5.41) is 7.30. The Labute approximate surface area is 190 Å². The zero-order valence-electron chi connectivity index (χ0n) is 17.7. The molecule has 0 saturated heterocycles. The lowest BCUT2D eigenvalue weighted by Gasteiger charge is -2.30. The van der Waals surface area contributed by atoms with Gasteiger partial charge in [0.1, 0.15) is 0 Å². The lowest BCUT2D eigenvalue weighted by Crippen LogP contribution is -2.46. The molecular formula is C21H37IN4OS. The largest absolute Gasteiger partial charge is 0.354 e. The maximum atomic E-state index is 12.1. The van der Waals surface area contributed by atoms with Crippen molar-refractivity contribution in [2.24, 2.45) is 4.99 Å². The van der Waals surface area contributed by atoms with Crippen LogP contribution < -0.4 is 10.6 Å². The van der Waals surface area contributed by atoms with Crippen molar-refractivity contribution < 1.29 is 4.21 Å². The summed E-state index contributed by atoms with van der Waals surface area (Å²) in [6.07, 6.45) is 4.32. The fraction of sp³-hybridized carbons (Fsp3) is 0.667. The summed E-state index contributed by atoms with van der Waals surface area (Å²) in [7, 11) is 3.25. The predicted octanol–water partition coefficient (Wildman–Crippen LogP) is 3.50. The van der Waals surface area contributed by atoms with E-state index in [4.69, 9.17) is 0 Å². The van der Waals surface area contributed by atoms with Gasteiger partial charge in [-0.25, -0.2) is 0 Å². The minimum atomic E-state index is -0.697. The second kappa shape index (κ2) is 13.5. The van der Waals surface area contributed by atoms with E-state index in [1.54, 1.807) is 0 Å². The molecule has 0 aromatic heterocycles. The van der Waals surface area contributed by atoms with E-state index < -0.39 is 10.8 Å². The van der Waals surface area contributed by atoms with Crippen molar-refractivity contribution in [3.63, 3.8) is 0 Å². The molecule has 1 aromatic rings. The van der Waals surface area contributed by atoms with Crippen LogP contribution in [0.5, 0.6) is 0 Å². The van der Waals surface area contributed by atoms with Gasteiger partial charge in [0.2, 0.25) is 0 Å². The number of hydrogen-bond donors (Lipinski definition) is 2. The summed E-state index contributed by atoms with van der Waals surface area (Å²) in [6, 6.07) is 9.07. The van der Waals surface area contributed by atoms with Crippen LogP contribution in [0.25, 0.3) is 0 Å². The number of nitrogens with one attached hydrogen (secondary N) is 2. The van der Waals surface area contributed by atoms with E-state index >= 15 is 0 Å². The second-order valence-electron chi connectivity index (χ2n) is 7.38. The molecule has 28 heavy (non-hydrogen) atoms. The Morgan fingerprint density at radius 1 is 1.29 bits per heavy atom. The fourth-order valence-electron chi connectivity index (χ4n) is 3.59. The maximum Gasteiger partial charge on any atom is 0.191 e. The number of rotatable bonds is 8. The average molecular weight is 521 g/mol. The van der Waals surface area contributed by atoms with Gasteiger partial charge in [-0.1, -0.05) is 44.5 Å². The zero-order chi connectivity index (χ0) is 19.6. The third-order valence-electron chi connectivity index (χ3n) is 5.29. The number of nitrogens with zero attached hydrogens (tertiary/aromatic N) is 2. The van der Waals surface area contributed by atoms with Gasteiger partial charge >= 0.3 is 0 Å². The Balaban J connectivity index is 0.00000392. The molecule has 2 N–H and O–H groups in total. The Bertz CT molecular complexity index is 641. The van der Waals surface area contributed by atoms with E-state index in [-0.39, 0.29) is 24.0 Å². The molecule has 1 saturated carbocycles. The molecule has 7 heteroatoms. The molecule has 0 radical (unpaired) electrons. The Kier molecular flexibility index (Phi) is 12.3. The van der Waals surface area contributed by atoms with Crippen molar-refractivity contribution in [3.8, 4) is 0 Å². The molecule has 3 unspecified atom stereocenters. The van der Waals surface area contributed by atoms with Crippen molar-refractivity contribution in [2.75, 3.05) is 26.4 Å². The van der Waals surface area contributed by atoms with Gasteiger partial charge in [0.15, 0.2) is 5.96 Å². The van der Waals surface area contributed by atoms with Gasteiger partial charge < -0.3 is 15.5 Å². The predicted molar refractivity (Wildman–Crippen MR) is 132 cm³/mol. The molecular weight excluding hydrogens is 483 g/mol. The molecule has 160 valence electrons. The highest BCUT2D eigenvalue weighted by molar-refractivity contribution is 14.0. The lowest BCUT2D eigenvalue weighted by atomic mass is 9.95. The molecule has 1 aliphatic carbocycles. The summed E-state index contributed by atoms with van der Waals surface area (Å²) in [6.45, 7) is 6.95. The van der Waals surface area contributed by atoms with Crippen LogP contribution in [0.3, 0.4) is 0 Å². The lowest BCUT2D eigenvalue weighted by molar-refractivity contribution is 0.345. The number of halogens is 1. The van der Waals surface area contributed by atoms with Crippen LogP contribution in [0.2, 0.25) is 0 Å². The van der Waals surface area contributed by atoms with E-state index in [0.29, 0.717) is 11.3 Å². The number of aliphatic imine (C=N–C) groups is 1. The minimum absolute atomic E-state index is 0. The van der Waals surface area contributed by atoms with Gasteiger partial charge in [0.25, 0.3) is 0 Å². The summed E-state index contributed by atoms with van der Waals surface area (Å²) < 4.78 is 12.1. The fourth-order valence-corrected chi connectivity index (χ4v) is 4.93. The third-order valence-corrected chi connectivity index (χ3v) is 7.03. The Morgan fingerprint density at radius 2 is 2.04 bits per heavy atom. The number of benzene rings is 1. The van der Waals surface area contributed by atoms with Gasteiger partial charge in [0, 0.05) is 48.0 Å². The molecule has 0 heterocycles.